The maximum Gasteiger partial charge on any atom is 0.0660 e. The highest BCUT2D eigenvalue weighted by molar-refractivity contribution is 14.1. The van der Waals surface area contributed by atoms with E-state index in [1.165, 1.54) is 27.7 Å². The quantitative estimate of drug-likeness (QED) is 0.461. The van der Waals surface area contributed by atoms with Crippen LogP contribution in [0.2, 0.25) is 0 Å². The van der Waals surface area contributed by atoms with E-state index >= 15 is 0 Å². The minimum absolute atomic E-state index is 0.439. The van der Waals surface area contributed by atoms with Crippen LogP contribution in [0, 0.1) is 2.88 Å². The van der Waals surface area contributed by atoms with Crippen molar-refractivity contribution in [1.29, 1.82) is 0 Å². The van der Waals surface area contributed by atoms with Gasteiger partial charge in [0.25, 0.3) is 0 Å². The number of hydrogen-bond donors (Lipinski definition) is 1. The second-order valence-electron chi connectivity index (χ2n) is 4.64. The summed E-state index contributed by atoms with van der Waals surface area (Å²) in [5, 5.41) is 3.69. The average molecular weight is 513 g/mol. The third kappa shape index (κ3) is 3.19. The van der Waals surface area contributed by atoms with Crippen molar-refractivity contribution in [2.24, 2.45) is 0 Å². The molecule has 1 aromatic carbocycles. The van der Waals surface area contributed by atoms with E-state index in [4.69, 9.17) is 0 Å². The van der Waals surface area contributed by atoms with Crippen molar-refractivity contribution >= 4 is 71.5 Å². The summed E-state index contributed by atoms with van der Waals surface area (Å²) < 4.78 is 3.62. The molecule has 0 radical (unpaired) electrons. The standard InChI is InChI=1S/C14H12Br2INS/c15-8-4-5-10(16)12(6-8)18-11-2-1-3-13-9(11)7-14(17)19-13/h4-7,11,18H,1-3H2. The maximum atomic E-state index is 3.69. The number of aryl methyl sites for hydroxylation is 1. The van der Waals surface area contributed by atoms with E-state index in [0.29, 0.717) is 6.04 Å². The minimum Gasteiger partial charge on any atom is -0.377 e. The van der Waals surface area contributed by atoms with E-state index < -0.39 is 0 Å². The highest BCUT2D eigenvalue weighted by atomic mass is 127. The summed E-state index contributed by atoms with van der Waals surface area (Å²) in [4.78, 5) is 1.55. The van der Waals surface area contributed by atoms with Crippen molar-refractivity contribution < 1.29 is 0 Å². The van der Waals surface area contributed by atoms with E-state index in [-0.39, 0.29) is 0 Å². The number of fused-ring (bicyclic) bond motifs is 1. The van der Waals surface area contributed by atoms with Gasteiger partial charge in [-0.25, -0.2) is 0 Å². The molecule has 0 spiro atoms. The summed E-state index contributed by atoms with van der Waals surface area (Å²) in [5.74, 6) is 0. The minimum atomic E-state index is 0.439. The highest BCUT2D eigenvalue weighted by Gasteiger charge is 2.23. The Labute approximate surface area is 147 Å². The topological polar surface area (TPSA) is 12.0 Å². The Morgan fingerprint density at radius 2 is 2.11 bits per heavy atom. The fourth-order valence-electron chi connectivity index (χ4n) is 2.47. The number of nitrogens with one attached hydrogen (secondary N) is 1. The first kappa shape index (κ1) is 14.4. The van der Waals surface area contributed by atoms with E-state index in [1.807, 2.05) is 11.3 Å². The predicted molar refractivity (Wildman–Crippen MR) is 98.2 cm³/mol. The summed E-state index contributed by atoms with van der Waals surface area (Å²) in [7, 11) is 0. The Bertz CT molecular complexity index is 611. The number of hydrogen-bond acceptors (Lipinski definition) is 2. The molecule has 100 valence electrons. The lowest BCUT2D eigenvalue weighted by Crippen LogP contribution is -2.15. The van der Waals surface area contributed by atoms with Crippen LogP contribution in [-0.2, 0) is 6.42 Å². The van der Waals surface area contributed by atoms with Gasteiger partial charge >= 0.3 is 0 Å². The summed E-state index contributed by atoms with van der Waals surface area (Å²) in [6.07, 6.45) is 3.71. The van der Waals surface area contributed by atoms with Gasteiger partial charge in [-0.15, -0.1) is 11.3 Å². The van der Waals surface area contributed by atoms with Crippen molar-refractivity contribution in [2.45, 2.75) is 25.3 Å². The first-order chi connectivity index (χ1) is 9.13. The first-order valence-electron chi connectivity index (χ1n) is 6.13. The van der Waals surface area contributed by atoms with Crippen LogP contribution in [0.25, 0.3) is 0 Å². The van der Waals surface area contributed by atoms with Crippen molar-refractivity contribution in [1.82, 2.24) is 0 Å². The lowest BCUT2D eigenvalue weighted by atomic mass is 9.94. The Balaban J connectivity index is 1.90. The number of benzene rings is 1. The SMILES string of the molecule is Brc1ccc(Br)c(NC2CCCc3sc(I)cc32)c1. The Morgan fingerprint density at radius 1 is 1.26 bits per heavy atom. The molecule has 19 heavy (non-hydrogen) atoms. The van der Waals surface area contributed by atoms with Gasteiger partial charge in [-0.1, -0.05) is 15.9 Å². The molecule has 5 heteroatoms. The highest BCUT2D eigenvalue weighted by Crippen LogP contribution is 2.39. The number of thiophene rings is 1. The molecular formula is C14H12Br2INS. The fourth-order valence-corrected chi connectivity index (χ4v) is 5.31. The fraction of sp³-hybridized carbons (Fsp3) is 0.286. The van der Waals surface area contributed by atoms with E-state index in [0.717, 1.165) is 14.6 Å². The normalized spacial score (nSPS) is 18.2. The molecule has 1 heterocycles. The molecule has 1 unspecified atom stereocenters. The van der Waals surface area contributed by atoms with Crippen LogP contribution >= 0.6 is 65.8 Å². The number of halogens is 3. The van der Waals surface area contributed by atoms with Crippen LogP contribution in [0.5, 0.6) is 0 Å². The van der Waals surface area contributed by atoms with Crippen molar-refractivity contribution in [3.05, 3.63) is 46.5 Å². The molecule has 0 aliphatic heterocycles. The zero-order chi connectivity index (χ0) is 13.4. The van der Waals surface area contributed by atoms with E-state index in [2.05, 4.69) is 84.0 Å². The Morgan fingerprint density at radius 3 is 2.95 bits per heavy atom. The van der Waals surface area contributed by atoms with Crippen LogP contribution < -0.4 is 5.32 Å². The van der Waals surface area contributed by atoms with Gasteiger partial charge in [0.15, 0.2) is 0 Å². The zero-order valence-electron chi connectivity index (χ0n) is 10.1. The largest absolute Gasteiger partial charge is 0.377 e. The van der Waals surface area contributed by atoms with Gasteiger partial charge in [0.05, 0.1) is 14.6 Å². The van der Waals surface area contributed by atoms with E-state index in [1.54, 1.807) is 4.88 Å². The third-order valence-corrected chi connectivity index (χ3v) is 6.50. The summed E-state index contributed by atoms with van der Waals surface area (Å²) in [5.41, 5.74) is 2.65. The summed E-state index contributed by atoms with van der Waals surface area (Å²) in [6.45, 7) is 0. The molecule has 1 aliphatic carbocycles. The molecular weight excluding hydrogens is 501 g/mol. The number of rotatable bonds is 2. The van der Waals surface area contributed by atoms with Gasteiger partial charge in [-0.05, 0) is 87.6 Å². The molecule has 1 aromatic heterocycles. The van der Waals surface area contributed by atoms with Gasteiger partial charge in [0.1, 0.15) is 0 Å². The second kappa shape index (κ2) is 6.03. The molecule has 0 fully saturated rings. The molecule has 2 aromatic rings. The van der Waals surface area contributed by atoms with Crippen molar-refractivity contribution in [3.63, 3.8) is 0 Å². The smallest absolute Gasteiger partial charge is 0.0660 e. The van der Waals surface area contributed by atoms with Crippen molar-refractivity contribution in [3.8, 4) is 0 Å². The van der Waals surface area contributed by atoms with Crippen LogP contribution in [0.3, 0.4) is 0 Å². The predicted octanol–water partition coefficient (Wildman–Crippen LogP) is 6.37. The van der Waals surface area contributed by atoms with Crippen LogP contribution in [0.4, 0.5) is 5.69 Å². The average Bonchev–Trinajstić information content (AvgIpc) is 2.75. The maximum absolute atomic E-state index is 3.69. The van der Waals surface area contributed by atoms with Crippen LogP contribution in [-0.4, -0.2) is 0 Å². The summed E-state index contributed by atoms with van der Waals surface area (Å²) >= 11 is 11.5. The molecule has 0 bridgehead atoms. The Kier molecular flexibility index (Phi) is 4.56. The molecule has 1 aliphatic rings. The second-order valence-corrected chi connectivity index (χ2v) is 9.44. The molecule has 0 saturated heterocycles. The van der Waals surface area contributed by atoms with Gasteiger partial charge in [-0.3, -0.25) is 0 Å². The van der Waals surface area contributed by atoms with Crippen LogP contribution in [0.15, 0.2) is 33.2 Å². The molecule has 1 N–H and O–H groups in total. The van der Waals surface area contributed by atoms with Gasteiger partial charge in [0.2, 0.25) is 0 Å². The molecule has 3 rings (SSSR count). The molecule has 0 amide bonds. The van der Waals surface area contributed by atoms with Crippen LogP contribution in [0.1, 0.15) is 29.3 Å². The number of anilines is 1. The van der Waals surface area contributed by atoms with Gasteiger partial charge in [0, 0.05) is 13.8 Å². The lowest BCUT2D eigenvalue weighted by molar-refractivity contribution is 0.608. The molecule has 0 saturated carbocycles. The Hall–Kier alpha value is 0.410. The van der Waals surface area contributed by atoms with Gasteiger partial charge < -0.3 is 5.32 Å². The lowest BCUT2D eigenvalue weighted by Gasteiger charge is -2.25. The first-order valence-corrected chi connectivity index (χ1v) is 9.61. The van der Waals surface area contributed by atoms with Gasteiger partial charge in [-0.2, -0.15) is 0 Å². The molecule has 1 atom stereocenters. The third-order valence-electron chi connectivity index (χ3n) is 3.34. The monoisotopic (exact) mass is 511 g/mol. The van der Waals surface area contributed by atoms with Crippen molar-refractivity contribution in [2.75, 3.05) is 5.32 Å². The summed E-state index contributed by atoms with van der Waals surface area (Å²) in [6, 6.07) is 9.04. The zero-order valence-corrected chi connectivity index (χ0v) is 16.2. The molecule has 1 nitrogen and oxygen atoms in total. The van der Waals surface area contributed by atoms with E-state index in [9.17, 15) is 0 Å².